The van der Waals surface area contributed by atoms with Gasteiger partial charge in [0, 0.05) is 19.7 Å². The Kier molecular flexibility index (Phi) is 4.49. The minimum absolute atomic E-state index is 0.0336. The molecule has 2 rings (SSSR count). The highest BCUT2D eigenvalue weighted by Gasteiger charge is 2.45. The van der Waals surface area contributed by atoms with Crippen LogP contribution in [0, 0.1) is 0 Å². The summed E-state index contributed by atoms with van der Waals surface area (Å²) in [5.41, 5.74) is 0. The van der Waals surface area contributed by atoms with Crippen molar-refractivity contribution < 1.29 is 19.1 Å². The molecule has 106 valence electrons. The molecule has 0 bridgehead atoms. The Balaban J connectivity index is 1.73. The number of hydrogen-bond acceptors (Lipinski definition) is 5. The van der Waals surface area contributed by atoms with Crippen molar-refractivity contribution in [3.05, 3.63) is 0 Å². The van der Waals surface area contributed by atoms with Crippen LogP contribution in [0.3, 0.4) is 0 Å². The van der Waals surface area contributed by atoms with E-state index in [1.807, 2.05) is 0 Å². The number of carbonyl (C=O) groups excluding carboxylic acids is 3. The lowest BCUT2D eigenvalue weighted by Gasteiger charge is -2.14. The molecule has 1 aliphatic heterocycles. The SMILES string of the molecule is COCCNC(=O)CNC1CC(=O)N(C2CC2)C1=O. The van der Waals surface area contributed by atoms with Gasteiger partial charge in [-0.25, -0.2) is 0 Å². The minimum atomic E-state index is -0.554. The number of likely N-dealkylation sites (tertiary alicyclic amines) is 1. The van der Waals surface area contributed by atoms with Gasteiger partial charge in [0.15, 0.2) is 0 Å². The largest absolute Gasteiger partial charge is 0.383 e. The molecule has 1 atom stereocenters. The number of methoxy groups -OCH3 is 1. The topological polar surface area (TPSA) is 87.7 Å². The Bertz CT molecular complexity index is 381. The van der Waals surface area contributed by atoms with Crippen LogP contribution >= 0.6 is 0 Å². The molecule has 2 aliphatic rings. The number of carbonyl (C=O) groups is 3. The second-order valence-electron chi connectivity index (χ2n) is 4.81. The van der Waals surface area contributed by atoms with E-state index < -0.39 is 6.04 Å². The molecule has 2 fully saturated rings. The van der Waals surface area contributed by atoms with Crippen molar-refractivity contribution in [1.82, 2.24) is 15.5 Å². The van der Waals surface area contributed by atoms with Gasteiger partial charge in [0.1, 0.15) is 0 Å². The molecule has 1 unspecified atom stereocenters. The Morgan fingerprint density at radius 3 is 2.79 bits per heavy atom. The molecule has 0 aromatic carbocycles. The summed E-state index contributed by atoms with van der Waals surface area (Å²) in [6.07, 6.45) is 1.96. The third-order valence-electron chi connectivity index (χ3n) is 3.23. The van der Waals surface area contributed by atoms with Crippen LogP contribution in [-0.2, 0) is 19.1 Å². The Labute approximate surface area is 111 Å². The van der Waals surface area contributed by atoms with Crippen molar-refractivity contribution in [1.29, 1.82) is 0 Å². The Hall–Kier alpha value is -1.47. The predicted molar refractivity (Wildman–Crippen MR) is 66.2 cm³/mol. The van der Waals surface area contributed by atoms with E-state index in [-0.39, 0.29) is 36.7 Å². The van der Waals surface area contributed by atoms with Crippen LogP contribution in [0.1, 0.15) is 19.3 Å². The number of ether oxygens (including phenoxy) is 1. The van der Waals surface area contributed by atoms with Crippen molar-refractivity contribution in [2.75, 3.05) is 26.8 Å². The molecule has 19 heavy (non-hydrogen) atoms. The van der Waals surface area contributed by atoms with E-state index in [1.165, 1.54) is 4.90 Å². The number of amides is 3. The van der Waals surface area contributed by atoms with Gasteiger partial charge < -0.3 is 10.1 Å². The van der Waals surface area contributed by atoms with Crippen LogP contribution in [0.2, 0.25) is 0 Å². The maximum Gasteiger partial charge on any atom is 0.247 e. The van der Waals surface area contributed by atoms with E-state index in [9.17, 15) is 14.4 Å². The first-order chi connectivity index (χ1) is 9.13. The first-order valence-electron chi connectivity index (χ1n) is 6.48. The number of hydrogen-bond donors (Lipinski definition) is 2. The lowest BCUT2D eigenvalue weighted by molar-refractivity contribution is -0.139. The minimum Gasteiger partial charge on any atom is -0.383 e. The third kappa shape index (κ3) is 3.51. The molecule has 1 aliphatic carbocycles. The molecular formula is C12H19N3O4. The van der Waals surface area contributed by atoms with E-state index in [4.69, 9.17) is 4.74 Å². The number of rotatable bonds is 7. The highest BCUT2D eigenvalue weighted by atomic mass is 16.5. The molecule has 0 aromatic heterocycles. The number of nitrogens with zero attached hydrogens (tertiary/aromatic N) is 1. The van der Waals surface area contributed by atoms with Crippen molar-refractivity contribution >= 4 is 17.7 Å². The van der Waals surface area contributed by atoms with E-state index in [2.05, 4.69) is 10.6 Å². The van der Waals surface area contributed by atoms with Gasteiger partial charge in [0.2, 0.25) is 17.7 Å². The lowest BCUT2D eigenvalue weighted by Crippen LogP contribution is -2.44. The summed E-state index contributed by atoms with van der Waals surface area (Å²) >= 11 is 0. The standard InChI is InChI=1S/C12H19N3O4/c1-19-5-4-13-10(16)7-14-9-6-11(17)15(12(9)18)8-2-3-8/h8-9,14H,2-7H2,1H3,(H,13,16). The molecule has 7 nitrogen and oxygen atoms in total. The maximum absolute atomic E-state index is 12.0. The van der Waals surface area contributed by atoms with Crippen LogP contribution in [0.15, 0.2) is 0 Å². The second kappa shape index (κ2) is 6.12. The van der Waals surface area contributed by atoms with E-state index in [0.29, 0.717) is 13.2 Å². The van der Waals surface area contributed by atoms with E-state index in [0.717, 1.165) is 12.8 Å². The quantitative estimate of drug-likeness (QED) is 0.440. The molecule has 0 radical (unpaired) electrons. The zero-order valence-corrected chi connectivity index (χ0v) is 11.0. The fourth-order valence-corrected chi connectivity index (χ4v) is 2.10. The zero-order valence-electron chi connectivity index (χ0n) is 11.0. The summed E-state index contributed by atoms with van der Waals surface area (Å²) in [4.78, 5) is 36.4. The van der Waals surface area contributed by atoms with E-state index >= 15 is 0 Å². The number of nitrogens with one attached hydrogen (secondary N) is 2. The molecule has 3 amide bonds. The van der Waals surface area contributed by atoms with Gasteiger partial charge in [-0.15, -0.1) is 0 Å². The third-order valence-corrected chi connectivity index (χ3v) is 3.23. The highest BCUT2D eigenvalue weighted by molar-refractivity contribution is 6.06. The molecule has 0 aromatic rings. The normalized spacial score (nSPS) is 23.0. The first-order valence-corrected chi connectivity index (χ1v) is 6.48. The van der Waals surface area contributed by atoms with Crippen molar-refractivity contribution in [3.63, 3.8) is 0 Å². The molecule has 1 heterocycles. The summed E-state index contributed by atoms with van der Waals surface area (Å²) < 4.78 is 4.81. The molecule has 1 saturated carbocycles. The van der Waals surface area contributed by atoms with Crippen molar-refractivity contribution in [3.8, 4) is 0 Å². The zero-order chi connectivity index (χ0) is 13.8. The van der Waals surface area contributed by atoms with Crippen LogP contribution in [0.5, 0.6) is 0 Å². The van der Waals surface area contributed by atoms with Gasteiger partial charge in [-0.05, 0) is 12.8 Å². The first kappa shape index (κ1) is 14.0. The van der Waals surface area contributed by atoms with Gasteiger partial charge in [0.05, 0.1) is 25.6 Å². The maximum atomic E-state index is 12.0. The predicted octanol–water partition coefficient (Wildman–Crippen LogP) is -1.37. The average Bonchev–Trinajstić information content (AvgIpc) is 3.15. The summed E-state index contributed by atoms with van der Waals surface area (Å²) in [5.74, 6) is -0.538. The Morgan fingerprint density at radius 2 is 2.16 bits per heavy atom. The van der Waals surface area contributed by atoms with Crippen LogP contribution in [0.4, 0.5) is 0 Å². The monoisotopic (exact) mass is 269 g/mol. The fraction of sp³-hybridized carbons (Fsp3) is 0.750. The average molecular weight is 269 g/mol. The number of imide groups is 1. The van der Waals surface area contributed by atoms with Crippen molar-refractivity contribution in [2.45, 2.75) is 31.3 Å². The smallest absolute Gasteiger partial charge is 0.247 e. The van der Waals surface area contributed by atoms with Gasteiger partial charge in [0.25, 0.3) is 0 Å². The molecule has 0 spiro atoms. The summed E-state index contributed by atoms with van der Waals surface area (Å²) in [7, 11) is 1.56. The molecular weight excluding hydrogens is 250 g/mol. The summed E-state index contributed by atoms with van der Waals surface area (Å²) in [5, 5.41) is 5.48. The van der Waals surface area contributed by atoms with Crippen molar-refractivity contribution in [2.24, 2.45) is 0 Å². The summed E-state index contributed by atoms with van der Waals surface area (Å²) in [6.45, 7) is 0.913. The summed E-state index contributed by atoms with van der Waals surface area (Å²) in [6, 6.07) is -0.455. The van der Waals surface area contributed by atoms with Crippen LogP contribution < -0.4 is 10.6 Å². The molecule has 7 heteroatoms. The van der Waals surface area contributed by atoms with E-state index in [1.54, 1.807) is 7.11 Å². The van der Waals surface area contributed by atoms with Crippen LogP contribution in [-0.4, -0.2) is 61.5 Å². The van der Waals surface area contributed by atoms with Gasteiger partial charge >= 0.3 is 0 Å². The highest BCUT2D eigenvalue weighted by Crippen LogP contribution is 2.31. The van der Waals surface area contributed by atoms with Crippen LogP contribution in [0.25, 0.3) is 0 Å². The Morgan fingerprint density at radius 1 is 1.42 bits per heavy atom. The molecule has 1 saturated heterocycles. The molecule has 2 N–H and O–H groups in total. The van der Waals surface area contributed by atoms with Gasteiger partial charge in [-0.1, -0.05) is 0 Å². The lowest BCUT2D eigenvalue weighted by atomic mass is 10.2. The van der Waals surface area contributed by atoms with Gasteiger partial charge in [-0.3, -0.25) is 24.6 Å². The second-order valence-corrected chi connectivity index (χ2v) is 4.81. The fourth-order valence-electron chi connectivity index (χ4n) is 2.10. The van der Waals surface area contributed by atoms with Gasteiger partial charge in [-0.2, -0.15) is 0 Å².